The van der Waals surface area contributed by atoms with Crippen LogP contribution in [0.25, 0.3) is 11.7 Å². The van der Waals surface area contributed by atoms with Crippen molar-refractivity contribution >= 4 is 17.7 Å². The number of esters is 1. The molecule has 0 aliphatic carbocycles. The number of rotatable bonds is 5. The molecule has 6 nitrogen and oxygen atoms in total. The van der Waals surface area contributed by atoms with Gasteiger partial charge < -0.3 is 9.47 Å². The van der Waals surface area contributed by atoms with Crippen LogP contribution in [0, 0.1) is 6.92 Å². The summed E-state index contributed by atoms with van der Waals surface area (Å²) in [5, 5.41) is 0. The van der Waals surface area contributed by atoms with Crippen LogP contribution >= 0.6 is 0 Å². The Hall–Kier alpha value is -3.41. The number of carbonyl (C=O) groups excluding carboxylic acids is 1. The van der Waals surface area contributed by atoms with E-state index in [1.54, 1.807) is 31.5 Å². The second-order valence-corrected chi connectivity index (χ2v) is 5.74. The number of methoxy groups -OCH3 is 1. The van der Waals surface area contributed by atoms with Gasteiger partial charge in [0.1, 0.15) is 18.0 Å². The standard InChI is InChI=1S/C20H18N2O4/c1-14-6-8-18-21-16(11-19(23)22(18)12-14)13-26-20(24)9-7-15-4-3-5-17(10-15)25-2/h3-12H,13H2,1-2H3/b9-7+. The number of nitrogens with zero attached hydrogens (tertiary/aromatic N) is 2. The summed E-state index contributed by atoms with van der Waals surface area (Å²) in [7, 11) is 1.58. The van der Waals surface area contributed by atoms with E-state index < -0.39 is 5.97 Å². The maximum Gasteiger partial charge on any atom is 0.331 e. The van der Waals surface area contributed by atoms with Gasteiger partial charge in [-0.3, -0.25) is 9.20 Å². The predicted octanol–water partition coefficient (Wildman–Crippen LogP) is 2.77. The number of benzene rings is 1. The third-order valence-electron chi connectivity index (χ3n) is 3.73. The van der Waals surface area contributed by atoms with E-state index in [0.29, 0.717) is 17.1 Å². The molecule has 0 atom stereocenters. The van der Waals surface area contributed by atoms with Crippen LogP contribution in [0.4, 0.5) is 0 Å². The number of fused-ring (bicyclic) bond motifs is 1. The molecule has 0 aliphatic heterocycles. The van der Waals surface area contributed by atoms with Gasteiger partial charge >= 0.3 is 5.97 Å². The fraction of sp³-hybridized carbons (Fsp3) is 0.150. The van der Waals surface area contributed by atoms with E-state index in [4.69, 9.17) is 9.47 Å². The predicted molar refractivity (Wildman–Crippen MR) is 98.0 cm³/mol. The molecule has 1 aromatic carbocycles. The summed E-state index contributed by atoms with van der Waals surface area (Å²) in [6.45, 7) is 1.83. The minimum absolute atomic E-state index is 0.0686. The quantitative estimate of drug-likeness (QED) is 0.523. The fourth-order valence-electron chi connectivity index (χ4n) is 2.43. The first-order valence-electron chi connectivity index (χ1n) is 8.03. The first-order valence-corrected chi connectivity index (χ1v) is 8.03. The number of pyridine rings is 1. The van der Waals surface area contributed by atoms with Crippen molar-refractivity contribution in [2.75, 3.05) is 7.11 Å². The second kappa shape index (κ2) is 7.65. The molecule has 0 aliphatic rings. The lowest BCUT2D eigenvalue weighted by Gasteiger charge is -2.05. The lowest BCUT2D eigenvalue weighted by Crippen LogP contribution is -2.16. The highest BCUT2D eigenvalue weighted by Gasteiger charge is 2.05. The zero-order chi connectivity index (χ0) is 18.5. The van der Waals surface area contributed by atoms with Gasteiger partial charge in [0.25, 0.3) is 5.56 Å². The molecule has 3 aromatic rings. The molecule has 0 N–H and O–H groups in total. The lowest BCUT2D eigenvalue weighted by atomic mass is 10.2. The number of aryl methyl sites for hydroxylation is 1. The Kier molecular flexibility index (Phi) is 5.12. The second-order valence-electron chi connectivity index (χ2n) is 5.74. The van der Waals surface area contributed by atoms with Crippen molar-refractivity contribution in [1.29, 1.82) is 0 Å². The molecule has 2 aromatic heterocycles. The van der Waals surface area contributed by atoms with E-state index in [1.807, 2.05) is 31.2 Å². The highest BCUT2D eigenvalue weighted by atomic mass is 16.5. The van der Waals surface area contributed by atoms with Crippen LogP contribution in [-0.2, 0) is 16.1 Å². The molecule has 0 amide bonds. The van der Waals surface area contributed by atoms with E-state index in [1.165, 1.54) is 16.5 Å². The molecule has 0 saturated heterocycles. The van der Waals surface area contributed by atoms with Gasteiger partial charge in [0.2, 0.25) is 0 Å². The van der Waals surface area contributed by atoms with Crippen molar-refractivity contribution in [3.8, 4) is 5.75 Å². The first kappa shape index (κ1) is 17.4. The average molecular weight is 350 g/mol. The molecule has 26 heavy (non-hydrogen) atoms. The van der Waals surface area contributed by atoms with Gasteiger partial charge in [-0.05, 0) is 42.3 Å². The molecule has 0 unspecified atom stereocenters. The van der Waals surface area contributed by atoms with Crippen molar-refractivity contribution in [1.82, 2.24) is 9.38 Å². The summed E-state index contributed by atoms with van der Waals surface area (Å²) in [5.41, 5.74) is 2.49. The van der Waals surface area contributed by atoms with Crippen LogP contribution < -0.4 is 10.3 Å². The van der Waals surface area contributed by atoms with E-state index in [2.05, 4.69) is 4.98 Å². The number of ether oxygens (including phenoxy) is 2. The number of carbonyl (C=O) groups is 1. The smallest absolute Gasteiger partial charge is 0.331 e. The van der Waals surface area contributed by atoms with Crippen LogP contribution in [0.2, 0.25) is 0 Å². The lowest BCUT2D eigenvalue weighted by molar-refractivity contribution is -0.139. The van der Waals surface area contributed by atoms with Gasteiger partial charge in [-0.1, -0.05) is 18.2 Å². The molecule has 6 heteroatoms. The maximum atomic E-state index is 12.1. The largest absolute Gasteiger partial charge is 0.497 e. The Labute approximate surface area is 150 Å². The van der Waals surface area contributed by atoms with E-state index in [0.717, 1.165) is 11.1 Å². The number of hydrogen-bond donors (Lipinski definition) is 0. The molecular weight excluding hydrogens is 332 g/mol. The Balaban J connectivity index is 1.67. The summed E-state index contributed by atoms with van der Waals surface area (Å²) in [4.78, 5) is 28.3. The normalized spacial score (nSPS) is 11.0. The summed E-state index contributed by atoms with van der Waals surface area (Å²) in [6, 6.07) is 12.3. The highest BCUT2D eigenvalue weighted by Crippen LogP contribution is 2.13. The average Bonchev–Trinajstić information content (AvgIpc) is 2.65. The summed E-state index contributed by atoms with van der Waals surface area (Å²) in [5.74, 6) is 0.190. The minimum Gasteiger partial charge on any atom is -0.497 e. The maximum absolute atomic E-state index is 12.1. The zero-order valence-corrected chi connectivity index (χ0v) is 14.5. The van der Waals surface area contributed by atoms with Crippen molar-refractivity contribution in [3.05, 3.63) is 81.9 Å². The topological polar surface area (TPSA) is 69.9 Å². The molecule has 0 fully saturated rings. The summed E-state index contributed by atoms with van der Waals surface area (Å²) >= 11 is 0. The van der Waals surface area contributed by atoms with Crippen LogP contribution in [-0.4, -0.2) is 22.5 Å². The van der Waals surface area contributed by atoms with Crippen molar-refractivity contribution in [2.45, 2.75) is 13.5 Å². The van der Waals surface area contributed by atoms with Gasteiger partial charge in [0, 0.05) is 18.3 Å². The van der Waals surface area contributed by atoms with Crippen molar-refractivity contribution < 1.29 is 14.3 Å². The Morgan fingerprint density at radius 3 is 2.88 bits per heavy atom. The van der Waals surface area contributed by atoms with E-state index in [9.17, 15) is 9.59 Å². The molecule has 0 spiro atoms. The SMILES string of the molecule is COc1cccc(/C=C/C(=O)OCc2cc(=O)n3cc(C)ccc3n2)c1. The van der Waals surface area contributed by atoms with Crippen LogP contribution in [0.15, 0.2) is 59.5 Å². The zero-order valence-electron chi connectivity index (χ0n) is 14.5. The monoisotopic (exact) mass is 350 g/mol. The third-order valence-corrected chi connectivity index (χ3v) is 3.73. The van der Waals surface area contributed by atoms with Crippen LogP contribution in [0.1, 0.15) is 16.8 Å². The van der Waals surface area contributed by atoms with Gasteiger partial charge in [-0.15, -0.1) is 0 Å². The summed E-state index contributed by atoms with van der Waals surface area (Å²) < 4.78 is 11.8. The Morgan fingerprint density at radius 2 is 2.08 bits per heavy atom. The molecule has 132 valence electrons. The Morgan fingerprint density at radius 1 is 1.23 bits per heavy atom. The first-order chi connectivity index (χ1) is 12.5. The van der Waals surface area contributed by atoms with Gasteiger partial charge in [0.15, 0.2) is 0 Å². The molecule has 3 rings (SSSR count). The van der Waals surface area contributed by atoms with Crippen molar-refractivity contribution in [2.24, 2.45) is 0 Å². The minimum atomic E-state index is -0.515. The molecular formula is C20H18N2O4. The van der Waals surface area contributed by atoms with Crippen molar-refractivity contribution in [3.63, 3.8) is 0 Å². The number of hydrogen-bond acceptors (Lipinski definition) is 5. The third kappa shape index (κ3) is 4.16. The molecule has 2 heterocycles. The fourth-order valence-corrected chi connectivity index (χ4v) is 2.43. The molecule has 0 saturated carbocycles. The van der Waals surface area contributed by atoms with E-state index in [-0.39, 0.29) is 12.2 Å². The van der Waals surface area contributed by atoms with E-state index >= 15 is 0 Å². The van der Waals surface area contributed by atoms with Gasteiger partial charge in [-0.25, -0.2) is 9.78 Å². The van der Waals surface area contributed by atoms with Crippen LogP contribution in [0.3, 0.4) is 0 Å². The summed E-state index contributed by atoms with van der Waals surface area (Å²) in [6.07, 6.45) is 4.68. The Bertz CT molecular complexity index is 1040. The number of aromatic nitrogens is 2. The van der Waals surface area contributed by atoms with Gasteiger partial charge in [-0.2, -0.15) is 0 Å². The highest BCUT2D eigenvalue weighted by molar-refractivity contribution is 5.87. The van der Waals surface area contributed by atoms with Gasteiger partial charge in [0.05, 0.1) is 12.8 Å². The molecule has 0 radical (unpaired) electrons. The van der Waals surface area contributed by atoms with Crippen LogP contribution in [0.5, 0.6) is 5.75 Å². The molecule has 0 bridgehead atoms.